The first-order valence-electron chi connectivity index (χ1n) is 23.6. The normalized spacial score (nSPS) is 17.6. The number of amides is 4. The fourth-order valence-electron chi connectivity index (χ4n) is 10.2. The van der Waals surface area contributed by atoms with Crippen molar-refractivity contribution >= 4 is 63.2 Å². The van der Waals surface area contributed by atoms with Crippen LogP contribution in [0.3, 0.4) is 0 Å². The van der Waals surface area contributed by atoms with Crippen LogP contribution in [0, 0.1) is 35.5 Å². The number of urea groups is 1. The van der Waals surface area contributed by atoms with E-state index in [4.69, 9.17) is 37.4 Å². The number of piperazine rings is 1. The zero-order valence-corrected chi connectivity index (χ0v) is 39.8. The minimum Gasteiger partial charge on any atom is -0.508 e. The number of benzene rings is 4. The van der Waals surface area contributed by atoms with Crippen LogP contribution in [0.1, 0.15) is 47.2 Å². The van der Waals surface area contributed by atoms with Gasteiger partial charge in [0.25, 0.3) is 0 Å². The van der Waals surface area contributed by atoms with Crippen molar-refractivity contribution in [3.05, 3.63) is 118 Å². The summed E-state index contributed by atoms with van der Waals surface area (Å²) in [5.41, 5.74) is 10.4. The number of primary amides is 1. The number of aryl methyl sites for hydroxylation is 1. The Morgan fingerprint density at radius 2 is 1.71 bits per heavy atom. The number of fused-ring (bicyclic) bond motifs is 2. The highest BCUT2D eigenvalue weighted by Gasteiger charge is 2.38. The van der Waals surface area contributed by atoms with Crippen molar-refractivity contribution in [2.75, 3.05) is 73.7 Å². The van der Waals surface area contributed by atoms with Crippen LogP contribution in [-0.4, -0.2) is 124 Å². The molecule has 5 N–H and O–H groups in total. The quantitative estimate of drug-likeness (QED) is 0.0612. The number of carbonyl (C=O) groups is 3. The fraction of sp³-hybridized carbons (Fsp3) is 0.365. The highest BCUT2D eigenvalue weighted by atomic mass is 35.5. The van der Waals surface area contributed by atoms with Crippen molar-refractivity contribution in [2.45, 2.75) is 51.7 Å². The van der Waals surface area contributed by atoms with Gasteiger partial charge in [-0.3, -0.25) is 19.9 Å². The molecule has 18 heteroatoms. The number of nitriles is 1. The van der Waals surface area contributed by atoms with Crippen molar-refractivity contribution in [3.8, 4) is 23.6 Å². The molecule has 0 radical (unpaired) electrons. The van der Waals surface area contributed by atoms with Crippen molar-refractivity contribution in [1.29, 1.82) is 10.7 Å². The van der Waals surface area contributed by atoms with Crippen LogP contribution >= 0.6 is 11.6 Å². The SMILES string of the molecule is C=CC(=O)N1CCN(c2nc(OCC3CN(C(=O)C4CCN(Cc5ccc(N(C(=N)c6cc(C)c(O)cc6O)C(N)=O)cc5)CC4)C3)nc3c2CCN(c2cccc4cccc(Cl)c24)C3)C[C@@H]1CC#N. The third kappa shape index (κ3) is 9.74. The molecule has 17 nitrogen and oxygen atoms in total. The number of aromatic hydroxyl groups is 2. The average Bonchev–Trinajstić information content (AvgIpc) is 3.34. The number of piperidine rings is 1. The number of likely N-dealkylation sites (tertiary alicyclic amines) is 2. The van der Waals surface area contributed by atoms with Gasteiger partial charge in [-0.1, -0.05) is 54.6 Å². The standard InChI is InChI=1S/C52H56ClN11O6/c1-3-46(67)63-23-22-61(29-38(63)14-18-54)49-39-17-21-60(43-9-5-7-35-6-4-8-41(53)47(35)43)30-42(39)57-52(58-49)70-31-34-27-62(28-34)50(68)36-15-19-59(20-16-36)26-33-10-12-37(13-11-33)64(51(56)69)48(55)40-24-32(2)44(65)25-45(40)66/h3-13,24-25,34,36,38,55,65-66H,1,14-17,19-23,26-31H2,2H3,(H2,56,69)/t38-/m0/s1. The van der Waals surface area contributed by atoms with E-state index in [1.165, 1.54) is 12.1 Å². The molecule has 5 aromatic rings. The van der Waals surface area contributed by atoms with E-state index in [9.17, 15) is 29.9 Å². The second kappa shape index (κ2) is 20.3. The van der Waals surface area contributed by atoms with Crippen LogP contribution in [-0.2, 0) is 29.1 Å². The van der Waals surface area contributed by atoms with E-state index in [1.807, 2.05) is 35.2 Å². The number of phenolic OH excluding ortho intramolecular Hbond substituents is 2. The maximum Gasteiger partial charge on any atom is 0.325 e. The number of halogens is 1. The Kier molecular flexibility index (Phi) is 13.8. The van der Waals surface area contributed by atoms with E-state index in [0.29, 0.717) is 81.7 Å². The van der Waals surface area contributed by atoms with Gasteiger partial charge >= 0.3 is 12.0 Å². The number of hydrogen-bond donors (Lipinski definition) is 4. The molecular weight excluding hydrogens is 910 g/mol. The molecule has 1 aromatic heterocycles. The number of phenols is 2. The first-order chi connectivity index (χ1) is 33.8. The van der Waals surface area contributed by atoms with Crippen LogP contribution in [0.15, 0.2) is 85.5 Å². The lowest BCUT2D eigenvalue weighted by Crippen LogP contribution is -2.55. The van der Waals surface area contributed by atoms with Gasteiger partial charge in [0.1, 0.15) is 23.2 Å². The summed E-state index contributed by atoms with van der Waals surface area (Å²) in [4.78, 5) is 60.3. The molecule has 3 saturated heterocycles. The van der Waals surface area contributed by atoms with Gasteiger partial charge in [0.2, 0.25) is 11.8 Å². The molecule has 0 unspecified atom stereocenters. The molecule has 0 spiro atoms. The third-order valence-electron chi connectivity index (χ3n) is 14.0. The number of nitrogens with zero attached hydrogens (tertiary/aromatic N) is 9. The highest BCUT2D eigenvalue weighted by molar-refractivity contribution is 6.36. The molecule has 4 aromatic carbocycles. The number of nitrogens with one attached hydrogen (secondary N) is 1. The molecule has 9 rings (SSSR count). The summed E-state index contributed by atoms with van der Waals surface area (Å²) in [6.07, 6.45) is 3.62. The highest BCUT2D eigenvalue weighted by Crippen LogP contribution is 2.38. The Hall–Kier alpha value is -7.42. The van der Waals surface area contributed by atoms with E-state index in [2.05, 4.69) is 45.5 Å². The van der Waals surface area contributed by atoms with E-state index in [-0.39, 0.29) is 65.0 Å². The van der Waals surface area contributed by atoms with E-state index < -0.39 is 6.03 Å². The number of amidine groups is 1. The van der Waals surface area contributed by atoms with E-state index >= 15 is 0 Å². The number of hydrogen-bond acceptors (Lipinski definition) is 13. The molecule has 5 heterocycles. The largest absolute Gasteiger partial charge is 0.508 e. The number of ether oxygens (including phenoxy) is 1. The van der Waals surface area contributed by atoms with Gasteiger partial charge in [-0.05, 0) is 92.2 Å². The molecule has 0 bridgehead atoms. The molecule has 70 heavy (non-hydrogen) atoms. The predicted molar refractivity (Wildman–Crippen MR) is 267 cm³/mol. The summed E-state index contributed by atoms with van der Waals surface area (Å²) in [6, 6.07) is 23.1. The Bertz CT molecular complexity index is 2890. The summed E-state index contributed by atoms with van der Waals surface area (Å²) in [5, 5.41) is 41.4. The van der Waals surface area contributed by atoms with Gasteiger partial charge in [0, 0.05) is 80.4 Å². The molecule has 3 fully saturated rings. The smallest absolute Gasteiger partial charge is 0.325 e. The summed E-state index contributed by atoms with van der Waals surface area (Å²) >= 11 is 6.77. The summed E-state index contributed by atoms with van der Waals surface area (Å²) in [6.45, 7) is 11.6. The second-order valence-corrected chi connectivity index (χ2v) is 19.0. The molecular formula is C52H56ClN11O6. The summed E-state index contributed by atoms with van der Waals surface area (Å²) in [5.74, 6) is -0.0277. The maximum absolute atomic E-state index is 13.7. The number of rotatable bonds is 12. The van der Waals surface area contributed by atoms with Crippen LogP contribution in [0.5, 0.6) is 17.5 Å². The van der Waals surface area contributed by atoms with Crippen LogP contribution in [0.4, 0.5) is 22.0 Å². The zero-order valence-electron chi connectivity index (χ0n) is 39.1. The van der Waals surface area contributed by atoms with Gasteiger partial charge in [-0.2, -0.15) is 15.2 Å². The first-order valence-corrected chi connectivity index (χ1v) is 24.0. The monoisotopic (exact) mass is 965 g/mol. The molecule has 0 aliphatic carbocycles. The molecule has 1 atom stereocenters. The van der Waals surface area contributed by atoms with Crippen LogP contribution in [0.25, 0.3) is 10.8 Å². The summed E-state index contributed by atoms with van der Waals surface area (Å²) < 4.78 is 6.39. The van der Waals surface area contributed by atoms with Crippen molar-refractivity contribution in [3.63, 3.8) is 0 Å². The second-order valence-electron chi connectivity index (χ2n) is 18.6. The predicted octanol–water partition coefficient (Wildman–Crippen LogP) is 6.34. The number of nitrogens with two attached hydrogens (primary N) is 1. The fourth-order valence-corrected chi connectivity index (χ4v) is 10.5. The Balaban J connectivity index is 0.811. The van der Waals surface area contributed by atoms with Gasteiger partial charge < -0.3 is 40.3 Å². The van der Waals surface area contributed by atoms with Crippen LogP contribution < -0.4 is 25.2 Å². The first kappa shape index (κ1) is 47.6. The number of carbonyl (C=O) groups excluding carboxylic acids is 3. The molecule has 4 aliphatic rings. The van der Waals surface area contributed by atoms with Crippen molar-refractivity contribution in [1.82, 2.24) is 24.7 Å². The lowest BCUT2D eigenvalue weighted by atomic mass is 9.91. The molecule has 4 aliphatic heterocycles. The Labute approximate surface area is 411 Å². The van der Waals surface area contributed by atoms with E-state index in [1.54, 1.807) is 24.0 Å². The summed E-state index contributed by atoms with van der Waals surface area (Å²) in [7, 11) is 0. The van der Waals surface area contributed by atoms with Gasteiger partial charge in [0.05, 0.1) is 53.7 Å². The van der Waals surface area contributed by atoms with Gasteiger partial charge in [0.15, 0.2) is 0 Å². The minimum absolute atomic E-state index is 0.0584. The Morgan fingerprint density at radius 3 is 2.43 bits per heavy atom. The topological polar surface area (TPSA) is 220 Å². The van der Waals surface area contributed by atoms with Gasteiger partial charge in [-0.15, -0.1) is 0 Å². The van der Waals surface area contributed by atoms with Gasteiger partial charge in [-0.25, -0.2) is 9.69 Å². The van der Waals surface area contributed by atoms with E-state index in [0.717, 1.165) is 76.0 Å². The number of anilines is 3. The Morgan fingerprint density at radius 1 is 0.971 bits per heavy atom. The average molecular weight is 967 g/mol. The van der Waals surface area contributed by atoms with Crippen molar-refractivity contribution in [2.24, 2.45) is 17.6 Å². The lowest BCUT2D eigenvalue weighted by molar-refractivity contribution is -0.144. The minimum atomic E-state index is -0.886. The van der Waals surface area contributed by atoms with Crippen molar-refractivity contribution < 1.29 is 29.3 Å². The number of aromatic nitrogens is 2. The molecule has 4 amide bonds. The molecule has 362 valence electrons. The molecule has 0 saturated carbocycles. The lowest BCUT2D eigenvalue weighted by Gasteiger charge is -2.43. The zero-order chi connectivity index (χ0) is 49.2. The third-order valence-corrected chi connectivity index (χ3v) is 14.3. The maximum atomic E-state index is 13.7. The van der Waals surface area contributed by atoms with Crippen LogP contribution in [0.2, 0.25) is 5.02 Å².